The van der Waals surface area contributed by atoms with Crippen LogP contribution in [0.4, 0.5) is 4.79 Å². The van der Waals surface area contributed by atoms with Gasteiger partial charge in [-0.25, -0.2) is 9.59 Å². The summed E-state index contributed by atoms with van der Waals surface area (Å²) >= 11 is 0. The van der Waals surface area contributed by atoms with Crippen LogP contribution in [0.15, 0.2) is 0 Å². The number of carbonyl (C=O) groups excluding carboxylic acids is 1. The zero-order valence-electron chi connectivity index (χ0n) is 9.60. The summed E-state index contributed by atoms with van der Waals surface area (Å²) in [7, 11) is 1.46. The van der Waals surface area contributed by atoms with Crippen molar-refractivity contribution in [1.82, 2.24) is 10.2 Å². The van der Waals surface area contributed by atoms with Gasteiger partial charge in [0.25, 0.3) is 0 Å². The number of carboxylic acid groups (broad SMARTS) is 1. The molecule has 0 aromatic heterocycles. The van der Waals surface area contributed by atoms with Crippen LogP contribution in [0.25, 0.3) is 0 Å². The van der Waals surface area contributed by atoms with E-state index in [2.05, 4.69) is 5.32 Å². The molecular weight excluding hydrogens is 216 g/mol. The Balaban J connectivity index is 4.02. The van der Waals surface area contributed by atoms with Crippen molar-refractivity contribution in [1.29, 1.82) is 0 Å². The van der Waals surface area contributed by atoms with Crippen molar-refractivity contribution >= 4 is 12.0 Å². The quantitative estimate of drug-likeness (QED) is 0.480. The van der Waals surface area contributed by atoms with Gasteiger partial charge in [0.15, 0.2) is 6.10 Å². The summed E-state index contributed by atoms with van der Waals surface area (Å²) in [5.74, 6) is -1.40. The smallest absolute Gasteiger partial charge is 0.334 e. The first-order valence-corrected chi connectivity index (χ1v) is 4.75. The van der Waals surface area contributed by atoms with Gasteiger partial charge in [0.05, 0.1) is 18.7 Å². The van der Waals surface area contributed by atoms with E-state index in [1.807, 2.05) is 0 Å². The van der Waals surface area contributed by atoms with Crippen molar-refractivity contribution < 1.29 is 24.9 Å². The zero-order valence-corrected chi connectivity index (χ0v) is 9.60. The minimum absolute atomic E-state index is 0.0992. The van der Waals surface area contributed by atoms with E-state index < -0.39 is 23.7 Å². The average Bonchev–Trinajstić information content (AvgIpc) is 2.10. The normalized spacial score (nSPS) is 13.1. The lowest BCUT2D eigenvalue weighted by Crippen LogP contribution is -2.47. The van der Waals surface area contributed by atoms with Crippen LogP contribution in [0.5, 0.6) is 0 Å². The largest absolute Gasteiger partial charge is 0.479 e. The molecule has 0 bridgehead atoms. The van der Waals surface area contributed by atoms with Crippen LogP contribution < -0.4 is 5.32 Å². The number of hydrogen-bond donors (Lipinski definition) is 4. The van der Waals surface area contributed by atoms with Gasteiger partial charge in [-0.15, -0.1) is 0 Å². The number of carbonyl (C=O) groups is 2. The number of urea groups is 1. The second-order valence-electron chi connectivity index (χ2n) is 4.21. The number of nitrogens with one attached hydrogen (secondary N) is 1. The summed E-state index contributed by atoms with van der Waals surface area (Å²) in [5.41, 5.74) is -1.03. The fourth-order valence-corrected chi connectivity index (χ4v) is 1.06. The topological polar surface area (TPSA) is 110 Å². The molecule has 7 nitrogen and oxygen atoms in total. The Bertz CT molecular complexity index is 261. The summed E-state index contributed by atoms with van der Waals surface area (Å²) < 4.78 is 0. The van der Waals surface area contributed by atoms with E-state index in [1.165, 1.54) is 11.9 Å². The molecule has 94 valence electrons. The maximum atomic E-state index is 11.3. The first kappa shape index (κ1) is 14.7. The summed E-state index contributed by atoms with van der Waals surface area (Å²) in [6.07, 6.45) is -1.63. The van der Waals surface area contributed by atoms with Crippen molar-refractivity contribution in [3.05, 3.63) is 0 Å². The van der Waals surface area contributed by atoms with Crippen LogP contribution in [0.1, 0.15) is 13.8 Å². The number of hydrogen-bond acceptors (Lipinski definition) is 4. The van der Waals surface area contributed by atoms with Gasteiger partial charge in [-0.3, -0.25) is 0 Å². The van der Waals surface area contributed by atoms with Crippen LogP contribution in [0, 0.1) is 0 Å². The molecule has 0 aromatic rings. The fourth-order valence-electron chi connectivity index (χ4n) is 1.06. The second kappa shape index (κ2) is 5.66. The molecule has 0 spiro atoms. The Morgan fingerprint density at radius 2 is 1.94 bits per heavy atom. The third kappa shape index (κ3) is 6.20. The highest BCUT2D eigenvalue weighted by molar-refractivity contribution is 5.76. The van der Waals surface area contributed by atoms with Crippen molar-refractivity contribution in [3.63, 3.8) is 0 Å². The number of aliphatic carboxylic acids is 1. The molecule has 0 aromatic carbocycles. The lowest BCUT2D eigenvalue weighted by molar-refractivity contribution is -0.146. The maximum absolute atomic E-state index is 11.3. The van der Waals surface area contributed by atoms with E-state index in [0.29, 0.717) is 0 Å². The molecule has 0 fully saturated rings. The molecule has 1 atom stereocenters. The van der Waals surface area contributed by atoms with E-state index in [0.717, 1.165) is 0 Å². The number of rotatable bonds is 5. The third-order valence-electron chi connectivity index (χ3n) is 1.70. The van der Waals surface area contributed by atoms with Gasteiger partial charge < -0.3 is 25.5 Å². The highest BCUT2D eigenvalue weighted by Crippen LogP contribution is 2.02. The lowest BCUT2D eigenvalue weighted by atomic mass is 10.1. The van der Waals surface area contributed by atoms with E-state index in [4.69, 9.17) is 10.2 Å². The fraction of sp³-hybridized carbons (Fsp3) is 0.778. The predicted octanol–water partition coefficient (Wildman–Crippen LogP) is -1.16. The van der Waals surface area contributed by atoms with Gasteiger partial charge in [-0.1, -0.05) is 0 Å². The van der Waals surface area contributed by atoms with Gasteiger partial charge in [0, 0.05) is 7.05 Å². The standard InChI is InChI=1S/C9H18N2O5/c1-9(2,16)5-11(3)8(15)10-4-6(12)7(13)14/h6,12,16H,4-5H2,1-3H3,(H,10,15)(H,13,14)/t6-/m0/s1. The third-order valence-corrected chi connectivity index (χ3v) is 1.70. The van der Waals surface area contributed by atoms with Crippen molar-refractivity contribution in [2.45, 2.75) is 25.6 Å². The number of aliphatic hydroxyl groups is 2. The first-order valence-electron chi connectivity index (χ1n) is 4.75. The predicted molar refractivity (Wildman–Crippen MR) is 56.0 cm³/mol. The van der Waals surface area contributed by atoms with Gasteiger partial charge in [-0.05, 0) is 13.8 Å². The molecule has 0 aliphatic heterocycles. The van der Waals surface area contributed by atoms with Gasteiger partial charge in [0.1, 0.15) is 0 Å². The van der Waals surface area contributed by atoms with Crippen LogP contribution in [-0.2, 0) is 4.79 Å². The van der Waals surface area contributed by atoms with Crippen LogP contribution in [0.3, 0.4) is 0 Å². The summed E-state index contributed by atoms with van der Waals surface area (Å²) in [6, 6.07) is -0.553. The van der Waals surface area contributed by atoms with E-state index >= 15 is 0 Å². The zero-order chi connectivity index (χ0) is 12.9. The molecule has 0 heterocycles. The van der Waals surface area contributed by atoms with Crippen LogP contribution in [0.2, 0.25) is 0 Å². The SMILES string of the molecule is CN(CC(C)(C)O)C(=O)NC[C@H](O)C(=O)O. The number of carboxylic acids is 1. The Morgan fingerprint density at radius 3 is 2.31 bits per heavy atom. The lowest BCUT2D eigenvalue weighted by Gasteiger charge is -2.25. The van der Waals surface area contributed by atoms with E-state index in [1.54, 1.807) is 13.8 Å². The van der Waals surface area contributed by atoms with Crippen molar-refractivity contribution in [2.24, 2.45) is 0 Å². The summed E-state index contributed by atoms with van der Waals surface area (Å²) in [4.78, 5) is 22.8. The van der Waals surface area contributed by atoms with E-state index in [9.17, 15) is 14.7 Å². The summed E-state index contributed by atoms with van der Waals surface area (Å²) in [6.45, 7) is 2.82. The monoisotopic (exact) mass is 234 g/mol. The Hall–Kier alpha value is -1.34. The number of nitrogens with zero attached hydrogens (tertiary/aromatic N) is 1. The minimum Gasteiger partial charge on any atom is -0.479 e. The molecule has 4 N–H and O–H groups in total. The van der Waals surface area contributed by atoms with Gasteiger partial charge >= 0.3 is 12.0 Å². The molecule has 16 heavy (non-hydrogen) atoms. The number of amides is 2. The molecule has 0 radical (unpaired) electrons. The van der Waals surface area contributed by atoms with Crippen LogP contribution in [-0.4, -0.2) is 64.1 Å². The Morgan fingerprint density at radius 1 is 1.44 bits per heavy atom. The molecule has 0 saturated heterocycles. The molecular formula is C9H18N2O5. The molecule has 0 saturated carbocycles. The molecule has 0 aliphatic rings. The highest BCUT2D eigenvalue weighted by Gasteiger charge is 2.20. The molecule has 7 heteroatoms. The summed E-state index contributed by atoms with van der Waals surface area (Å²) in [5, 5.41) is 28.9. The minimum atomic E-state index is -1.63. The number of aliphatic hydroxyl groups excluding tert-OH is 1. The van der Waals surface area contributed by atoms with E-state index in [-0.39, 0.29) is 13.1 Å². The van der Waals surface area contributed by atoms with Crippen molar-refractivity contribution in [3.8, 4) is 0 Å². The highest BCUT2D eigenvalue weighted by atomic mass is 16.4. The molecule has 0 rings (SSSR count). The average molecular weight is 234 g/mol. The Kier molecular flexibility index (Phi) is 5.19. The van der Waals surface area contributed by atoms with Gasteiger partial charge in [0.2, 0.25) is 0 Å². The molecule has 0 unspecified atom stereocenters. The molecule has 2 amide bonds. The second-order valence-corrected chi connectivity index (χ2v) is 4.21. The molecule has 0 aliphatic carbocycles. The van der Waals surface area contributed by atoms with Gasteiger partial charge in [-0.2, -0.15) is 0 Å². The number of likely N-dealkylation sites (N-methyl/N-ethyl adjacent to an activating group) is 1. The van der Waals surface area contributed by atoms with Crippen molar-refractivity contribution in [2.75, 3.05) is 20.1 Å². The maximum Gasteiger partial charge on any atom is 0.334 e. The van der Waals surface area contributed by atoms with Crippen LogP contribution >= 0.6 is 0 Å². The first-order chi connectivity index (χ1) is 7.13. The Labute approximate surface area is 93.7 Å².